The third-order valence-electron chi connectivity index (χ3n) is 3.83. The lowest BCUT2D eigenvalue weighted by Gasteiger charge is -2.17. The van der Waals surface area contributed by atoms with Crippen LogP contribution in [0.3, 0.4) is 0 Å². The van der Waals surface area contributed by atoms with Gasteiger partial charge in [0.25, 0.3) is 0 Å². The summed E-state index contributed by atoms with van der Waals surface area (Å²) in [6, 6.07) is 3.92. The second kappa shape index (κ2) is 4.96. The fourth-order valence-electron chi connectivity index (χ4n) is 2.80. The third kappa shape index (κ3) is 2.21. The Morgan fingerprint density at radius 3 is 3.00 bits per heavy atom. The van der Waals surface area contributed by atoms with Crippen LogP contribution in [-0.2, 0) is 6.54 Å². The van der Waals surface area contributed by atoms with E-state index in [4.69, 9.17) is 9.47 Å². The Bertz CT molecular complexity index is 576. The Balaban J connectivity index is 1.57. The van der Waals surface area contributed by atoms with Gasteiger partial charge in [-0.2, -0.15) is 0 Å². The van der Waals surface area contributed by atoms with Crippen molar-refractivity contribution in [1.29, 1.82) is 0 Å². The molecular formula is C14H18N4O2. The summed E-state index contributed by atoms with van der Waals surface area (Å²) in [6.07, 6.45) is 1.19. The maximum Gasteiger partial charge on any atom is 0.231 e. The monoisotopic (exact) mass is 274 g/mol. The molecule has 1 aromatic carbocycles. The molecule has 1 saturated heterocycles. The lowest BCUT2D eigenvalue weighted by Crippen LogP contribution is -2.28. The molecule has 20 heavy (non-hydrogen) atoms. The number of fused-ring (bicyclic) bond motifs is 2. The zero-order valence-electron chi connectivity index (χ0n) is 11.3. The Morgan fingerprint density at radius 1 is 1.15 bits per heavy atom. The van der Waals surface area contributed by atoms with Crippen molar-refractivity contribution in [3.05, 3.63) is 18.0 Å². The molecule has 1 fully saturated rings. The molecule has 2 aliphatic heterocycles. The van der Waals surface area contributed by atoms with Crippen LogP contribution in [0.2, 0.25) is 0 Å². The number of hydrogen-bond donors (Lipinski definition) is 2. The van der Waals surface area contributed by atoms with Crippen LogP contribution in [-0.4, -0.2) is 47.8 Å². The maximum absolute atomic E-state index is 5.39. The maximum atomic E-state index is 5.39. The molecule has 0 amide bonds. The van der Waals surface area contributed by atoms with E-state index in [0.29, 0.717) is 6.79 Å². The van der Waals surface area contributed by atoms with Crippen LogP contribution < -0.4 is 14.8 Å². The van der Waals surface area contributed by atoms with Crippen molar-refractivity contribution in [3.8, 4) is 11.5 Å². The second-order valence-electron chi connectivity index (χ2n) is 5.29. The number of hydrogen-bond acceptors (Lipinski definition) is 5. The standard InChI is InChI=1S/C14H18N4O2/c1-2-15-3-5-18(4-1)8-14-16-10-6-12-13(20-9-19-12)7-11(10)17-14/h6-7,15H,1-5,8-9H2,(H,16,17). The number of benzene rings is 1. The fraction of sp³-hybridized carbons (Fsp3) is 0.500. The number of aromatic amines is 1. The summed E-state index contributed by atoms with van der Waals surface area (Å²) in [5.41, 5.74) is 1.95. The van der Waals surface area contributed by atoms with Crippen molar-refractivity contribution in [1.82, 2.24) is 20.2 Å². The molecule has 0 atom stereocenters. The molecule has 0 radical (unpaired) electrons. The quantitative estimate of drug-likeness (QED) is 0.858. The Kier molecular flexibility index (Phi) is 2.97. The van der Waals surface area contributed by atoms with Crippen LogP contribution in [0.1, 0.15) is 12.2 Å². The van der Waals surface area contributed by atoms with E-state index in [2.05, 4.69) is 20.2 Å². The normalized spacial score (nSPS) is 19.4. The van der Waals surface area contributed by atoms with Crippen molar-refractivity contribution in [2.45, 2.75) is 13.0 Å². The highest BCUT2D eigenvalue weighted by molar-refractivity contribution is 5.80. The first kappa shape index (κ1) is 12.0. The first-order chi connectivity index (χ1) is 9.88. The Labute approximate surface area is 117 Å². The molecule has 0 aliphatic carbocycles. The van der Waals surface area contributed by atoms with E-state index in [1.165, 1.54) is 6.42 Å². The predicted octanol–water partition coefficient (Wildman–Crippen LogP) is 1.09. The van der Waals surface area contributed by atoms with Crippen LogP contribution in [0.15, 0.2) is 12.1 Å². The number of nitrogens with zero attached hydrogens (tertiary/aromatic N) is 2. The van der Waals surface area contributed by atoms with Crippen molar-refractivity contribution in [3.63, 3.8) is 0 Å². The van der Waals surface area contributed by atoms with Crippen molar-refractivity contribution >= 4 is 11.0 Å². The minimum Gasteiger partial charge on any atom is -0.454 e. The first-order valence-corrected chi connectivity index (χ1v) is 7.10. The molecule has 6 heteroatoms. The van der Waals surface area contributed by atoms with E-state index in [-0.39, 0.29) is 0 Å². The summed E-state index contributed by atoms with van der Waals surface area (Å²) in [6.45, 7) is 5.51. The number of ether oxygens (including phenoxy) is 2. The van der Waals surface area contributed by atoms with E-state index in [9.17, 15) is 0 Å². The number of imidazole rings is 1. The van der Waals surface area contributed by atoms with Gasteiger partial charge >= 0.3 is 0 Å². The van der Waals surface area contributed by atoms with Crippen LogP contribution in [0.25, 0.3) is 11.0 Å². The molecule has 106 valence electrons. The molecule has 2 aromatic rings. The minimum atomic E-state index is 0.301. The Morgan fingerprint density at radius 2 is 2.05 bits per heavy atom. The molecule has 2 aliphatic rings. The minimum absolute atomic E-state index is 0.301. The summed E-state index contributed by atoms with van der Waals surface area (Å²) in [5, 5.41) is 3.41. The van der Waals surface area contributed by atoms with Crippen LogP contribution in [0.5, 0.6) is 11.5 Å². The molecule has 4 rings (SSSR count). The van der Waals surface area contributed by atoms with E-state index < -0.39 is 0 Å². The van der Waals surface area contributed by atoms with Gasteiger partial charge < -0.3 is 19.8 Å². The van der Waals surface area contributed by atoms with E-state index in [0.717, 1.165) is 61.1 Å². The zero-order valence-corrected chi connectivity index (χ0v) is 11.3. The van der Waals surface area contributed by atoms with Gasteiger partial charge in [0.05, 0.1) is 17.6 Å². The molecule has 3 heterocycles. The van der Waals surface area contributed by atoms with Crippen molar-refractivity contribution in [2.24, 2.45) is 0 Å². The summed E-state index contributed by atoms with van der Waals surface area (Å²) < 4.78 is 10.8. The lowest BCUT2D eigenvalue weighted by atomic mass is 10.3. The molecule has 0 saturated carbocycles. The van der Waals surface area contributed by atoms with Gasteiger partial charge in [0, 0.05) is 25.2 Å². The predicted molar refractivity (Wildman–Crippen MR) is 75.0 cm³/mol. The highest BCUT2D eigenvalue weighted by atomic mass is 16.7. The number of rotatable bonds is 2. The van der Waals surface area contributed by atoms with Gasteiger partial charge in [0.1, 0.15) is 5.82 Å². The SMILES string of the molecule is c1c2c(cc3[nH]c(CN4CCCNCC4)nc13)OCO2. The van der Waals surface area contributed by atoms with Gasteiger partial charge in [-0.05, 0) is 19.5 Å². The lowest BCUT2D eigenvalue weighted by molar-refractivity contribution is 0.174. The van der Waals surface area contributed by atoms with E-state index >= 15 is 0 Å². The Hall–Kier alpha value is -1.79. The topological polar surface area (TPSA) is 62.4 Å². The average molecular weight is 274 g/mol. The summed E-state index contributed by atoms with van der Waals surface area (Å²) in [5.74, 6) is 2.59. The molecule has 1 aromatic heterocycles. The van der Waals surface area contributed by atoms with Gasteiger partial charge in [-0.1, -0.05) is 0 Å². The van der Waals surface area contributed by atoms with Gasteiger partial charge in [0.2, 0.25) is 6.79 Å². The van der Waals surface area contributed by atoms with Crippen LogP contribution in [0.4, 0.5) is 0 Å². The van der Waals surface area contributed by atoms with Crippen LogP contribution in [0, 0.1) is 0 Å². The molecule has 6 nitrogen and oxygen atoms in total. The third-order valence-corrected chi connectivity index (χ3v) is 3.83. The smallest absolute Gasteiger partial charge is 0.231 e. The molecular weight excluding hydrogens is 256 g/mol. The number of nitrogens with one attached hydrogen (secondary N) is 2. The van der Waals surface area contributed by atoms with Gasteiger partial charge in [-0.3, -0.25) is 4.90 Å². The second-order valence-corrected chi connectivity index (χ2v) is 5.29. The van der Waals surface area contributed by atoms with E-state index in [1.807, 2.05) is 12.1 Å². The summed E-state index contributed by atoms with van der Waals surface area (Å²) >= 11 is 0. The first-order valence-electron chi connectivity index (χ1n) is 7.10. The van der Waals surface area contributed by atoms with Crippen LogP contribution >= 0.6 is 0 Å². The largest absolute Gasteiger partial charge is 0.454 e. The number of aromatic nitrogens is 2. The molecule has 2 N–H and O–H groups in total. The summed E-state index contributed by atoms with van der Waals surface area (Å²) in [4.78, 5) is 10.5. The van der Waals surface area contributed by atoms with Gasteiger partial charge in [-0.15, -0.1) is 0 Å². The fourth-order valence-corrected chi connectivity index (χ4v) is 2.80. The van der Waals surface area contributed by atoms with E-state index in [1.54, 1.807) is 0 Å². The highest BCUT2D eigenvalue weighted by Gasteiger charge is 2.17. The molecule has 0 bridgehead atoms. The van der Waals surface area contributed by atoms with Crippen molar-refractivity contribution < 1.29 is 9.47 Å². The summed E-state index contributed by atoms with van der Waals surface area (Å²) in [7, 11) is 0. The van der Waals surface area contributed by atoms with Crippen molar-refractivity contribution in [2.75, 3.05) is 33.0 Å². The highest BCUT2D eigenvalue weighted by Crippen LogP contribution is 2.35. The molecule has 0 spiro atoms. The van der Waals surface area contributed by atoms with Gasteiger partial charge in [0.15, 0.2) is 11.5 Å². The zero-order chi connectivity index (χ0) is 13.4. The average Bonchev–Trinajstić information content (AvgIpc) is 2.95. The number of H-pyrrole nitrogens is 1. The molecule has 0 unspecified atom stereocenters. The van der Waals surface area contributed by atoms with Gasteiger partial charge in [-0.25, -0.2) is 4.98 Å².